The third-order valence-corrected chi connectivity index (χ3v) is 3.90. The van der Waals surface area contributed by atoms with E-state index in [1.54, 1.807) is 12.1 Å². The molecule has 20 heavy (non-hydrogen) atoms. The van der Waals surface area contributed by atoms with Crippen LogP contribution in [-0.2, 0) is 0 Å². The van der Waals surface area contributed by atoms with Gasteiger partial charge < -0.3 is 0 Å². The van der Waals surface area contributed by atoms with Crippen LogP contribution in [0, 0.1) is 0 Å². The Morgan fingerprint density at radius 2 is 1.65 bits per heavy atom. The molecule has 0 aliphatic carbocycles. The molecule has 0 aliphatic rings. The molecule has 0 heterocycles. The first-order chi connectivity index (χ1) is 9.22. The molecule has 112 valence electrons. The van der Waals surface area contributed by atoms with Crippen LogP contribution < -0.4 is 0 Å². The molecule has 0 saturated carbocycles. The Morgan fingerprint density at radius 3 is 2.10 bits per heavy atom. The van der Waals surface area contributed by atoms with Crippen molar-refractivity contribution in [1.29, 1.82) is 0 Å². The molecule has 0 spiro atoms. The normalized spacial score (nSPS) is 14.9. The number of hydrogen-bond donors (Lipinski definition) is 0. The predicted molar refractivity (Wildman–Crippen MR) is 74.2 cm³/mol. The first kappa shape index (κ1) is 16.7. The number of ketones is 1. The van der Waals surface area contributed by atoms with Crippen molar-refractivity contribution in [1.82, 2.24) is 0 Å². The molecule has 4 heteroatoms. The Hall–Kier alpha value is -1.32. The quantitative estimate of drug-likeness (QED) is 0.657. The Bertz CT molecular complexity index is 477. The Morgan fingerprint density at radius 1 is 1.10 bits per heavy atom. The summed E-state index contributed by atoms with van der Waals surface area (Å²) in [5.74, 6) is -1.54. The van der Waals surface area contributed by atoms with Gasteiger partial charge in [0.05, 0.1) is 0 Å². The van der Waals surface area contributed by atoms with E-state index in [1.165, 1.54) is 6.07 Å². The van der Waals surface area contributed by atoms with E-state index in [2.05, 4.69) is 0 Å². The van der Waals surface area contributed by atoms with Crippen LogP contribution in [0.25, 0.3) is 0 Å². The van der Waals surface area contributed by atoms with Gasteiger partial charge in [0.1, 0.15) is 0 Å². The average molecular weight is 286 g/mol. The average Bonchev–Trinajstić information content (AvgIpc) is 2.43. The zero-order valence-electron chi connectivity index (χ0n) is 12.3. The van der Waals surface area contributed by atoms with Crippen LogP contribution in [-0.4, -0.2) is 12.0 Å². The van der Waals surface area contributed by atoms with Crippen molar-refractivity contribution < 1.29 is 18.0 Å². The SMILES string of the molecule is CCC(C)c1ccc(C(=O)C(F)(F)F)c(C(C)CC)c1. The number of halogens is 3. The molecule has 0 N–H and O–H groups in total. The largest absolute Gasteiger partial charge is 0.454 e. The summed E-state index contributed by atoms with van der Waals surface area (Å²) < 4.78 is 38.0. The van der Waals surface area contributed by atoms with Gasteiger partial charge in [0.2, 0.25) is 0 Å². The van der Waals surface area contributed by atoms with Gasteiger partial charge in [-0.1, -0.05) is 45.9 Å². The second kappa shape index (κ2) is 6.42. The number of Topliss-reactive ketones (excluding diaryl/α,β-unsaturated/α-hetero) is 1. The fourth-order valence-electron chi connectivity index (χ4n) is 2.11. The van der Waals surface area contributed by atoms with Crippen LogP contribution in [0.15, 0.2) is 18.2 Å². The maximum absolute atomic E-state index is 12.7. The predicted octanol–water partition coefficient (Wildman–Crippen LogP) is 5.46. The summed E-state index contributed by atoms with van der Waals surface area (Å²) in [6.07, 6.45) is -3.21. The summed E-state index contributed by atoms with van der Waals surface area (Å²) in [4.78, 5) is 11.5. The fraction of sp³-hybridized carbons (Fsp3) is 0.562. The molecule has 1 rings (SSSR count). The van der Waals surface area contributed by atoms with E-state index in [-0.39, 0.29) is 17.4 Å². The third kappa shape index (κ3) is 3.62. The van der Waals surface area contributed by atoms with E-state index in [0.29, 0.717) is 12.0 Å². The topological polar surface area (TPSA) is 17.1 Å². The Labute approximate surface area is 118 Å². The van der Waals surface area contributed by atoms with Gasteiger partial charge in [0, 0.05) is 5.56 Å². The number of carbonyl (C=O) groups is 1. The Balaban J connectivity index is 3.34. The van der Waals surface area contributed by atoms with Gasteiger partial charge in [-0.2, -0.15) is 13.2 Å². The van der Waals surface area contributed by atoms with Crippen LogP contribution in [0.3, 0.4) is 0 Å². The lowest BCUT2D eigenvalue weighted by atomic mass is 9.87. The summed E-state index contributed by atoms with van der Waals surface area (Å²) >= 11 is 0. The van der Waals surface area contributed by atoms with E-state index in [4.69, 9.17) is 0 Å². The highest BCUT2D eigenvalue weighted by molar-refractivity contribution is 6.01. The summed E-state index contributed by atoms with van der Waals surface area (Å²) in [6, 6.07) is 4.74. The van der Waals surface area contributed by atoms with Crippen molar-refractivity contribution in [3.8, 4) is 0 Å². The Kier molecular flexibility index (Phi) is 5.37. The van der Waals surface area contributed by atoms with Gasteiger partial charge in [0.25, 0.3) is 5.78 Å². The highest BCUT2D eigenvalue weighted by atomic mass is 19.4. The van der Waals surface area contributed by atoms with E-state index in [0.717, 1.165) is 12.0 Å². The van der Waals surface area contributed by atoms with Gasteiger partial charge in [0.15, 0.2) is 0 Å². The third-order valence-electron chi connectivity index (χ3n) is 3.90. The number of benzene rings is 1. The molecule has 0 aliphatic heterocycles. The summed E-state index contributed by atoms with van der Waals surface area (Å²) in [6.45, 7) is 7.81. The summed E-state index contributed by atoms with van der Waals surface area (Å²) in [5.41, 5.74) is 1.29. The zero-order chi connectivity index (χ0) is 15.5. The molecule has 0 saturated heterocycles. The number of rotatable bonds is 5. The van der Waals surface area contributed by atoms with Crippen molar-refractivity contribution in [2.75, 3.05) is 0 Å². The smallest absolute Gasteiger partial charge is 0.284 e. The van der Waals surface area contributed by atoms with Crippen molar-refractivity contribution in [2.45, 2.75) is 58.5 Å². The molecule has 0 fully saturated rings. The monoisotopic (exact) mass is 286 g/mol. The standard InChI is InChI=1S/C16H21F3O/c1-5-10(3)12-7-8-13(15(20)16(17,18)19)14(9-12)11(4)6-2/h7-11H,5-6H2,1-4H3. The molecule has 2 atom stereocenters. The van der Waals surface area contributed by atoms with Crippen LogP contribution >= 0.6 is 0 Å². The molecule has 2 unspecified atom stereocenters. The highest BCUT2D eigenvalue weighted by Crippen LogP contribution is 2.32. The van der Waals surface area contributed by atoms with Gasteiger partial charge in [-0.3, -0.25) is 4.79 Å². The molecular formula is C16H21F3O. The van der Waals surface area contributed by atoms with Crippen molar-refractivity contribution >= 4 is 5.78 Å². The molecule has 1 aromatic carbocycles. The molecule has 0 radical (unpaired) electrons. The molecule has 0 bridgehead atoms. The molecule has 0 aromatic heterocycles. The van der Waals surface area contributed by atoms with Crippen molar-refractivity contribution in [2.24, 2.45) is 0 Å². The minimum atomic E-state index is -4.82. The van der Waals surface area contributed by atoms with Crippen molar-refractivity contribution in [3.05, 3.63) is 34.9 Å². The molecular weight excluding hydrogens is 265 g/mol. The van der Waals surface area contributed by atoms with E-state index in [1.807, 2.05) is 27.7 Å². The second-order valence-electron chi connectivity index (χ2n) is 5.29. The molecule has 1 nitrogen and oxygen atoms in total. The van der Waals surface area contributed by atoms with Gasteiger partial charge >= 0.3 is 6.18 Å². The lowest BCUT2D eigenvalue weighted by Gasteiger charge is -2.19. The van der Waals surface area contributed by atoms with Crippen LogP contribution in [0.2, 0.25) is 0 Å². The number of hydrogen-bond acceptors (Lipinski definition) is 1. The lowest BCUT2D eigenvalue weighted by Crippen LogP contribution is -2.24. The number of alkyl halides is 3. The lowest BCUT2D eigenvalue weighted by molar-refractivity contribution is -0.0886. The van der Waals surface area contributed by atoms with Crippen LogP contribution in [0.4, 0.5) is 13.2 Å². The highest BCUT2D eigenvalue weighted by Gasteiger charge is 2.40. The van der Waals surface area contributed by atoms with Crippen LogP contribution in [0.5, 0.6) is 0 Å². The maximum Gasteiger partial charge on any atom is 0.454 e. The van der Waals surface area contributed by atoms with Crippen molar-refractivity contribution in [3.63, 3.8) is 0 Å². The zero-order valence-corrected chi connectivity index (χ0v) is 12.3. The molecule has 0 amide bonds. The van der Waals surface area contributed by atoms with E-state index < -0.39 is 12.0 Å². The first-order valence-electron chi connectivity index (χ1n) is 6.97. The summed E-state index contributed by atoms with van der Waals surface area (Å²) in [5, 5.41) is 0. The van der Waals surface area contributed by atoms with Gasteiger partial charge in [-0.05, 0) is 35.8 Å². The first-order valence-corrected chi connectivity index (χ1v) is 6.97. The fourth-order valence-corrected chi connectivity index (χ4v) is 2.11. The van der Waals surface area contributed by atoms with E-state index >= 15 is 0 Å². The maximum atomic E-state index is 12.7. The minimum absolute atomic E-state index is 0.0692. The molecule has 1 aromatic rings. The summed E-state index contributed by atoms with van der Waals surface area (Å²) in [7, 11) is 0. The van der Waals surface area contributed by atoms with E-state index in [9.17, 15) is 18.0 Å². The second-order valence-corrected chi connectivity index (χ2v) is 5.29. The van der Waals surface area contributed by atoms with Gasteiger partial charge in [-0.15, -0.1) is 0 Å². The number of carbonyl (C=O) groups excluding carboxylic acids is 1. The van der Waals surface area contributed by atoms with Gasteiger partial charge in [-0.25, -0.2) is 0 Å². The minimum Gasteiger partial charge on any atom is -0.284 e. The van der Waals surface area contributed by atoms with Crippen LogP contribution in [0.1, 0.15) is 73.9 Å².